The van der Waals surface area contributed by atoms with Gasteiger partial charge >= 0.3 is 0 Å². The molecule has 2 nitrogen and oxygen atoms in total. The molecule has 1 aliphatic rings. The van der Waals surface area contributed by atoms with Gasteiger partial charge in [0.05, 0.1) is 6.04 Å². The average Bonchev–Trinajstić information content (AvgIpc) is 2.47. The highest BCUT2D eigenvalue weighted by atomic mass is 35.5. The van der Waals surface area contributed by atoms with Crippen molar-refractivity contribution in [1.29, 1.82) is 0 Å². The highest BCUT2D eigenvalue weighted by molar-refractivity contribution is 6.30. The topological polar surface area (TPSA) is 35.2 Å². The van der Waals surface area contributed by atoms with Crippen molar-refractivity contribution in [1.82, 2.24) is 0 Å². The van der Waals surface area contributed by atoms with Crippen LogP contribution >= 0.6 is 11.6 Å². The van der Waals surface area contributed by atoms with E-state index >= 15 is 0 Å². The van der Waals surface area contributed by atoms with Crippen molar-refractivity contribution in [2.24, 2.45) is 5.73 Å². The third-order valence-corrected chi connectivity index (χ3v) is 4.23. The maximum atomic E-state index is 6.38. The van der Waals surface area contributed by atoms with Crippen LogP contribution in [-0.4, -0.2) is 6.10 Å². The zero-order valence-electron chi connectivity index (χ0n) is 11.4. The Morgan fingerprint density at radius 2 is 1.70 bits per heavy atom. The molecule has 1 aliphatic carbocycles. The van der Waals surface area contributed by atoms with Crippen LogP contribution in [0.5, 0.6) is 5.75 Å². The molecular formula is C17H18ClNO. The Kier molecular flexibility index (Phi) is 3.68. The van der Waals surface area contributed by atoms with Crippen LogP contribution in [0.4, 0.5) is 0 Å². The summed E-state index contributed by atoms with van der Waals surface area (Å²) in [6.07, 6.45) is 0.932. The molecule has 0 radical (unpaired) electrons. The first kappa shape index (κ1) is 13.5. The number of hydrogen-bond donors (Lipinski definition) is 1. The number of halogens is 1. The van der Waals surface area contributed by atoms with Gasteiger partial charge in [0.2, 0.25) is 0 Å². The summed E-state index contributed by atoms with van der Waals surface area (Å²) in [6.45, 7) is 2.23. The zero-order valence-corrected chi connectivity index (χ0v) is 12.2. The highest BCUT2D eigenvalue weighted by Crippen LogP contribution is 2.38. The van der Waals surface area contributed by atoms with E-state index in [2.05, 4.69) is 25.1 Å². The van der Waals surface area contributed by atoms with E-state index in [0.29, 0.717) is 10.9 Å². The van der Waals surface area contributed by atoms with Crippen molar-refractivity contribution in [2.75, 3.05) is 0 Å². The minimum atomic E-state index is -0.0851. The smallest absolute Gasteiger partial charge is 0.119 e. The number of nitrogens with two attached hydrogens (primary N) is 1. The summed E-state index contributed by atoms with van der Waals surface area (Å²) in [5.41, 5.74) is 8.92. The molecule has 0 heterocycles. The number of benzene rings is 2. The quantitative estimate of drug-likeness (QED) is 0.894. The van der Waals surface area contributed by atoms with Crippen LogP contribution in [0.2, 0.25) is 5.02 Å². The summed E-state index contributed by atoms with van der Waals surface area (Å²) in [5.74, 6) is 1.28. The molecule has 0 bridgehead atoms. The second kappa shape index (κ2) is 5.47. The van der Waals surface area contributed by atoms with E-state index in [1.165, 1.54) is 11.1 Å². The van der Waals surface area contributed by atoms with Crippen molar-refractivity contribution in [3.8, 4) is 5.75 Å². The summed E-state index contributed by atoms with van der Waals surface area (Å²) in [4.78, 5) is 0. The van der Waals surface area contributed by atoms with Crippen LogP contribution in [0.1, 0.15) is 36.4 Å². The predicted octanol–water partition coefficient (Wildman–Crippen LogP) is 4.29. The number of hydrogen-bond acceptors (Lipinski definition) is 2. The van der Waals surface area contributed by atoms with E-state index < -0.39 is 0 Å². The number of fused-ring (bicyclic) bond motifs is 1. The molecule has 0 aliphatic heterocycles. The van der Waals surface area contributed by atoms with Crippen LogP contribution in [-0.2, 0) is 0 Å². The molecule has 3 atom stereocenters. The fourth-order valence-corrected chi connectivity index (χ4v) is 3.02. The van der Waals surface area contributed by atoms with Gasteiger partial charge in [-0.3, -0.25) is 0 Å². The lowest BCUT2D eigenvalue weighted by Crippen LogP contribution is -2.37. The number of ether oxygens (including phenoxy) is 1. The summed E-state index contributed by atoms with van der Waals surface area (Å²) < 4.78 is 6.07. The average molecular weight is 288 g/mol. The van der Waals surface area contributed by atoms with Gasteiger partial charge in [0, 0.05) is 5.02 Å². The SMILES string of the molecule is CC1CC(Oc2ccc(Cl)cc2)C(N)c2ccccc21. The molecule has 3 unspecified atom stereocenters. The van der Waals surface area contributed by atoms with Gasteiger partial charge in [0.1, 0.15) is 11.9 Å². The van der Waals surface area contributed by atoms with Crippen LogP contribution in [0, 0.1) is 0 Å². The summed E-state index contributed by atoms with van der Waals surface area (Å²) in [7, 11) is 0. The van der Waals surface area contributed by atoms with Crippen molar-refractivity contribution in [3.05, 3.63) is 64.7 Å². The third kappa shape index (κ3) is 2.54. The van der Waals surface area contributed by atoms with Crippen molar-refractivity contribution < 1.29 is 4.74 Å². The molecular weight excluding hydrogens is 270 g/mol. The molecule has 0 aromatic heterocycles. The minimum absolute atomic E-state index is 0.000996. The van der Waals surface area contributed by atoms with Gasteiger partial charge in [0.25, 0.3) is 0 Å². The van der Waals surface area contributed by atoms with Crippen molar-refractivity contribution in [2.45, 2.75) is 31.4 Å². The van der Waals surface area contributed by atoms with Gasteiger partial charge in [-0.1, -0.05) is 42.8 Å². The Morgan fingerprint density at radius 3 is 2.40 bits per heavy atom. The van der Waals surface area contributed by atoms with Crippen molar-refractivity contribution in [3.63, 3.8) is 0 Å². The van der Waals surface area contributed by atoms with E-state index in [1.54, 1.807) is 0 Å². The Bertz CT molecular complexity index is 596. The first-order valence-corrected chi connectivity index (χ1v) is 7.29. The number of rotatable bonds is 2. The standard InChI is InChI=1S/C17H18ClNO/c1-11-10-16(20-13-8-6-12(18)7-9-13)17(19)15-5-3-2-4-14(11)15/h2-9,11,16-17H,10,19H2,1H3. The fraction of sp³-hybridized carbons (Fsp3) is 0.294. The molecule has 0 fully saturated rings. The fourth-order valence-electron chi connectivity index (χ4n) is 2.89. The summed E-state index contributed by atoms with van der Waals surface area (Å²) in [5, 5.41) is 0.712. The molecule has 0 saturated carbocycles. The van der Waals surface area contributed by atoms with Crippen LogP contribution < -0.4 is 10.5 Å². The van der Waals surface area contributed by atoms with Gasteiger partial charge in [-0.25, -0.2) is 0 Å². The summed E-state index contributed by atoms with van der Waals surface area (Å²) >= 11 is 5.89. The lowest BCUT2D eigenvalue weighted by molar-refractivity contribution is 0.144. The molecule has 0 amide bonds. The van der Waals surface area contributed by atoms with Gasteiger partial charge < -0.3 is 10.5 Å². The van der Waals surface area contributed by atoms with Gasteiger partial charge in [-0.05, 0) is 47.7 Å². The normalized spacial score (nSPS) is 25.1. The van der Waals surface area contributed by atoms with E-state index in [1.807, 2.05) is 30.3 Å². The molecule has 20 heavy (non-hydrogen) atoms. The monoisotopic (exact) mass is 287 g/mol. The zero-order chi connectivity index (χ0) is 14.1. The Morgan fingerprint density at radius 1 is 1.05 bits per heavy atom. The predicted molar refractivity (Wildman–Crippen MR) is 82.3 cm³/mol. The largest absolute Gasteiger partial charge is 0.488 e. The molecule has 0 spiro atoms. The first-order valence-electron chi connectivity index (χ1n) is 6.92. The second-order valence-electron chi connectivity index (χ2n) is 5.40. The molecule has 104 valence electrons. The maximum absolute atomic E-state index is 6.38. The molecule has 2 N–H and O–H groups in total. The molecule has 2 aromatic carbocycles. The maximum Gasteiger partial charge on any atom is 0.119 e. The Balaban J connectivity index is 1.84. The van der Waals surface area contributed by atoms with Gasteiger partial charge in [0.15, 0.2) is 0 Å². The van der Waals surface area contributed by atoms with E-state index in [4.69, 9.17) is 22.1 Å². The van der Waals surface area contributed by atoms with E-state index in [9.17, 15) is 0 Å². The van der Waals surface area contributed by atoms with Gasteiger partial charge in [-0.15, -0.1) is 0 Å². The van der Waals surface area contributed by atoms with Gasteiger partial charge in [-0.2, -0.15) is 0 Å². The molecule has 3 rings (SSSR count). The minimum Gasteiger partial charge on any atom is -0.488 e. The first-order chi connectivity index (χ1) is 9.65. The third-order valence-electron chi connectivity index (χ3n) is 3.97. The van der Waals surface area contributed by atoms with Crippen LogP contribution in [0.3, 0.4) is 0 Å². The Hall–Kier alpha value is -1.51. The van der Waals surface area contributed by atoms with Crippen LogP contribution in [0.25, 0.3) is 0 Å². The second-order valence-corrected chi connectivity index (χ2v) is 5.84. The van der Waals surface area contributed by atoms with Crippen LogP contribution in [0.15, 0.2) is 48.5 Å². The van der Waals surface area contributed by atoms with E-state index in [-0.39, 0.29) is 12.1 Å². The molecule has 3 heteroatoms. The van der Waals surface area contributed by atoms with E-state index in [0.717, 1.165) is 12.2 Å². The lowest BCUT2D eigenvalue weighted by Gasteiger charge is -2.35. The lowest BCUT2D eigenvalue weighted by atomic mass is 9.79. The Labute approximate surface area is 124 Å². The highest BCUT2D eigenvalue weighted by Gasteiger charge is 2.31. The molecule has 0 saturated heterocycles. The van der Waals surface area contributed by atoms with Crippen molar-refractivity contribution >= 4 is 11.6 Å². The molecule has 2 aromatic rings. The summed E-state index contributed by atoms with van der Waals surface area (Å²) in [6, 6.07) is 15.7.